The fourth-order valence-corrected chi connectivity index (χ4v) is 3.91. The molecule has 3 rings (SSSR count). The summed E-state index contributed by atoms with van der Waals surface area (Å²) in [7, 11) is 1.79. The Morgan fingerprint density at radius 3 is 3.00 bits per heavy atom. The summed E-state index contributed by atoms with van der Waals surface area (Å²) >= 11 is 0. The molecule has 0 radical (unpaired) electrons. The van der Waals surface area contributed by atoms with Gasteiger partial charge in [-0.1, -0.05) is 6.42 Å². The number of anilines is 1. The Morgan fingerprint density at radius 1 is 1.43 bits per heavy atom. The summed E-state index contributed by atoms with van der Waals surface area (Å²) in [4.78, 5) is 21.5. The molecular formula is C15H21N3O3. The maximum atomic E-state index is 11.0. The average molecular weight is 291 g/mol. The number of aromatic nitrogens is 2. The van der Waals surface area contributed by atoms with Gasteiger partial charge in [-0.25, -0.2) is 9.78 Å². The van der Waals surface area contributed by atoms with Gasteiger partial charge in [-0.3, -0.25) is 4.98 Å². The van der Waals surface area contributed by atoms with E-state index in [0.717, 1.165) is 25.9 Å². The zero-order chi connectivity index (χ0) is 14.9. The van der Waals surface area contributed by atoms with Gasteiger partial charge in [0.1, 0.15) is 5.82 Å². The minimum absolute atomic E-state index is 0.00170. The number of methoxy groups -OCH3 is 1. The lowest BCUT2D eigenvalue weighted by Crippen LogP contribution is -2.48. The second-order valence-electron chi connectivity index (χ2n) is 6.07. The minimum atomic E-state index is -1.04. The molecule has 0 bridgehead atoms. The molecule has 1 saturated carbocycles. The predicted octanol–water partition coefficient (Wildman–Crippen LogP) is 1.96. The third-order valence-electron chi connectivity index (χ3n) is 4.88. The number of rotatable bonds is 3. The van der Waals surface area contributed by atoms with Gasteiger partial charge in [-0.2, -0.15) is 0 Å². The van der Waals surface area contributed by atoms with Gasteiger partial charge in [0.15, 0.2) is 5.69 Å². The maximum absolute atomic E-state index is 11.0. The molecule has 6 heteroatoms. The number of hydrogen-bond donors (Lipinski definition) is 1. The Kier molecular flexibility index (Phi) is 3.80. The number of carboxylic acids is 1. The lowest BCUT2D eigenvalue weighted by molar-refractivity contribution is 0.00214. The van der Waals surface area contributed by atoms with Crippen molar-refractivity contribution in [2.75, 3.05) is 25.1 Å². The van der Waals surface area contributed by atoms with Crippen molar-refractivity contribution < 1.29 is 14.6 Å². The highest BCUT2D eigenvalue weighted by atomic mass is 16.5. The van der Waals surface area contributed by atoms with Gasteiger partial charge in [0.25, 0.3) is 0 Å². The Balaban J connectivity index is 1.83. The summed E-state index contributed by atoms with van der Waals surface area (Å²) in [5.74, 6) is -0.373. The highest BCUT2D eigenvalue weighted by Crippen LogP contribution is 2.46. The lowest BCUT2D eigenvalue weighted by Gasteiger charge is -2.44. The van der Waals surface area contributed by atoms with Crippen molar-refractivity contribution in [3.8, 4) is 0 Å². The van der Waals surface area contributed by atoms with Crippen LogP contribution in [0.15, 0.2) is 12.4 Å². The van der Waals surface area contributed by atoms with Crippen LogP contribution in [0.1, 0.15) is 42.6 Å². The van der Waals surface area contributed by atoms with Gasteiger partial charge in [0.2, 0.25) is 0 Å². The van der Waals surface area contributed by atoms with Crippen LogP contribution in [0.4, 0.5) is 5.82 Å². The fourth-order valence-electron chi connectivity index (χ4n) is 3.91. The molecule has 2 fully saturated rings. The van der Waals surface area contributed by atoms with Crippen LogP contribution in [0.3, 0.4) is 0 Å². The summed E-state index contributed by atoms with van der Waals surface area (Å²) in [6, 6.07) is 0. The highest BCUT2D eigenvalue weighted by Gasteiger charge is 2.46. The molecule has 1 aliphatic heterocycles. The van der Waals surface area contributed by atoms with E-state index in [4.69, 9.17) is 9.84 Å². The Labute approximate surface area is 124 Å². The molecule has 0 unspecified atom stereocenters. The van der Waals surface area contributed by atoms with E-state index in [9.17, 15) is 4.79 Å². The second-order valence-corrected chi connectivity index (χ2v) is 6.07. The van der Waals surface area contributed by atoms with E-state index in [-0.39, 0.29) is 11.1 Å². The molecule has 1 spiro atoms. The molecule has 1 aromatic heterocycles. The van der Waals surface area contributed by atoms with Crippen molar-refractivity contribution in [2.45, 2.75) is 38.2 Å². The molecule has 2 heterocycles. The highest BCUT2D eigenvalue weighted by molar-refractivity contribution is 5.85. The van der Waals surface area contributed by atoms with E-state index in [1.165, 1.54) is 25.5 Å². The molecule has 1 saturated heterocycles. The van der Waals surface area contributed by atoms with Crippen LogP contribution in [0.5, 0.6) is 0 Å². The van der Waals surface area contributed by atoms with E-state index in [1.54, 1.807) is 13.3 Å². The van der Waals surface area contributed by atoms with Gasteiger partial charge in [0.05, 0.1) is 18.5 Å². The van der Waals surface area contributed by atoms with E-state index in [1.807, 2.05) is 0 Å². The maximum Gasteiger partial charge on any atom is 0.356 e. The molecule has 6 nitrogen and oxygen atoms in total. The fraction of sp³-hybridized carbons (Fsp3) is 0.667. The van der Waals surface area contributed by atoms with Crippen molar-refractivity contribution >= 4 is 11.8 Å². The van der Waals surface area contributed by atoms with Gasteiger partial charge < -0.3 is 14.7 Å². The van der Waals surface area contributed by atoms with Gasteiger partial charge in [-0.05, 0) is 25.7 Å². The SMILES string of the molecule is CO[C@@H]1CCC[C@@]12CCCN(c1cncc(C(=O)O)n1)C2. The first-order chi connectivity index (χ1) is 10.1. The van der Waals surface area contributed by atoms with Gasteiger partial charge in [0, 0.05) is 25.6 Å². The topological polar surface area (TPSA) is 75.5 Å². The van der Waals surface area contributed by atoms with Crippen molar-refractivity contribution in [1.82, 2.24) is 9.97 Å². The summed E-state index contributed by atoms with van der Waals surface area (Å²) < 4.78 is 5.69. The van der Waals surface area contributed by atoms with Crippen molar-refractivity contribution in [3.05, 3.63) is 18.1 Å². The quantitative estimate of drug-likeness (QED) is 0.917. The monoisotopic (exact) mass is 291 g/mol. The van der Waals surface area contributed by atoms with E-state index in [0.29, 0.717) is 11.9 Å². The molecular weight excluding hydrogens is 270 g/mol. The molecule has 1 N–H and O–H groups in total. The standard InChI is InChI=1S/C15H21N3O3/c1-21-12-4-2-5-15(12)6-3-7-18(10-15)13-9-16-8-11(17-13)14(19)20/h8-9,12H,2-7,10H2,1H3,(H,19,20)/t12-,15+/m1/s1. The largest absolute Gasteiger partial charge is 0.476 e. The number of aromatic carboxylic acids is 1. The van der Waals surface area contributed by atoms with E-state index >= 15 is 0 Å². The number of hydrogen-bond acceptors (Lipinski definition) is 5. The lowest BCUT2D eigenvalue weighted by atomic mass is 9.76. The predicted molar refractivity (Wildman–Crippen MR) is 77.5 cm³/mol. The zero-order valence-electron chi connectivity index (χ0n) is 12.3. The number of ether oxygens (including phenoxy) is 1. The number of nitrogens with zero attached hydrogens (tertiary/aromatic N) is 3. The number of piperidine rings is 1. The van der Waals surface area contributed by atoms with Crippen LogP contribution in [-0.4, -0.2) is 47.3 Å². The first-order valence-electron chi connectivity index (χ1n) is 7.48. The van der Waals surface area contributed by atoms with Crippen LogP contribution in [0, 0.1) is 5.41 Å². The third-order valence-corrected chi connectivity index (χ3v) is 4.88. The molecule has 0 amide bonds. The van der Waals surface area contributed by atoms with Crippen LogP contribution in [0.2, 0.25) is 0 Å². The Bertz CT molecular complexity index is 537. The van der Waals surface area contributed by atoms with Crippen LogP contribution in [0.25, 0.3) is 0 Å². The van der Waals surface area contributed by atoms with E-state index < -0.39 is 5.97 Å². The van der Waals surface area contributed by atoms with Crippen molar-refractivity contribution in [2.24, 2.45) is 5.41 Å². The summed E-state index contributed by atoms with van der Waals surface area (Å²) in [5, 5.41) is 9.05. The second kappa shape index (κ2) is 5.60. The van der Waals surface area contributed by atoms with Crippen molar-refractivity contribution in [3.63, 3.8) is 0 Å². The average Bonchev–Trinajstić information content (AvgIpc) is 2.89. The summed E-state index contributed by atoms with van der Waals surface area (Å²) in [6.07, 6.45) is 9.00. The molecule has 114 valence electrons. The minimum Gasteiger partial charge on any atom is -0.476 e. The van der Waals surface area contributed by atoms with Gasteiger partial charge >= 0.3 is 5.97 Å². The van der Waals surface area contributed by atoms with Crippen LogP contribution in [-0.2, 0) is 4.74 Å². The normalized spacial score (nSPS) is 29.0. The molecule has 1 aromatic rings. The first-order valence-corrected chi connectivity index (χ1v) is 7.48. The zero-order valence-corrected chi connectivity index (χ0v) is 12.3. The molecule has 1 aliphatic carbocycles. The Hall–Kier alpha value is -1.69. The third kappa shape index (κ3) is 2.60. The molecule has 21 heavy (non-hydrogen) atoms. The molecule has 2 aliphatic rings. The molecule has 2 atom stereocenters. The molecule has 0 aromatic carbocycles. The number of carbonyl (C=O) groups is 1. The summed E-state index contributed by atoms with van der Waals surface area (Å²) in [6.45, 7) is 1.78. The van der Waals surface area contributed by atoms with Crippen molar-refractivity contribution in [1.29, 1.82) is 0 Å². The summed E-state index contributed by atoms with van der Waals surface area (Å²) in [5.41, 5.74) is 0.190. The van der Waals surface area contributed by atoms with Crippen LogP contribution < -0.4 is 4.90 Å². The first kappa shape index (κ1) is 14.3. The van der Waals surface area contributed by atoms with Crippen LogP contribution >= 0.6 is 0 Å². The number of carboxylic acid groups (broad SMARTS) is 1. The Morgan fingerprint density at radius 2 is 2.24 bits per heavy atom. The van der Waals surface area contributed by atoms with E-state index in [2.05, 4.69) is 14.9 Å². The smallest absolute Gasteiger partial charge is 0.356 e. The van der Waals surface area contributed by atoms with Gasteiger partial charge in [-0.15, -0.1) is 0 Å².